The Hall–Kier alpha value is -2.61. The van der Waals surface area contributed by atoms with Crippen LogP contribution in [0.4, 0.5) is 0 Å². The van der Waals surface area contributed by atoms with Crippen LogP contribution in [0, 0.1) is 6.92 Å². The lowest BCUT2D eigenvalue weighted by atomic mass is 9.77. The minimum Gasteiger partial charge on any atom is -0.465 e. The SMILES string of the molecule is CCCCCC[C@@]1(c2cc(C(C)=O)c(C)o2)CC1(c1ccccc1)c1ccccc1. The van der Waals surface area contributed by atoms with Crippen LogP contribution in [0.25, 0.3) is 0 Å². The van der Waals surface area contributed by atoms with Crippen LogP contribution in [-0.4, -0.2) is 5.78 Å². The first-order valence-electron chi connectivity index (χ1n) is 11.3. The average Bonchev–Trinajstić information content (AvgIpc) is 3.30. The maximum absolute atomic E-state index is 12.2. The predicted octanol–water partition coefficient (Wildman–Crippen LogP) is 7.39. The van der Waals surface area contributed by atoms with E-state index in [-0.39, 0.29) is 16.6 Å². The number of rotatable bonds is 9. The molecular weight excluding hydrogens is 368 g/mol. The van der Waals surface area contributed by atoms with Gasteiger partial charge in [-0.25, -0.2) is 0 Å². The van der Waals surface area contributed by atoms with Crippen molar-refractivity contribution in [3.8, 4) is 0 Å². The summed E-state index contributed by atoms with van der Waals surface area (Å²) >= 11 is 0. The molecule has 0 unspecified atom stereocenters. The van der Waals surface area contributed by atoms with E-state index in [4.69, 9.17) is 4.42 Å². The van der Waals surface area contributed by atoms with Crippen LogP contribution in [0.1, 0.15) is 85.4 Å². The summed E-state index contributed by atoms with van der Waals surface area (Å²) in [5, 5.41) is 0. The van der Waals surface area contributed by atoms with Crippen LogP contribution >= 0.6 is 0 Å². The van der Waals surface area contributed by atoms with Gasteiger partial charge in [0.25, 0.3) is 0 Å². The van der Waals surface area contributed by atoms with E-state index < -0.39 is 0 Å². The predicted molar refractivity (Wildman–Crippen MR) is 122 cm³/mol. The maximum Gasteiger partial charge on any atom is 0.163 e. The smallest absolute Gasteiger partial charge is 0.163 e. The Labute approximate surface area is 180 Å². The molecule has 0 N–H and O–H groups in total. The Balaban J connectivity index is 1.85. The quantitative estimate of drug-likeness (QED) is 0.277. The molecule has 1 aliphatic carbocycles. The third-order valence-corrected chi connectivity index (χ3v) is 7.02. The molecule has 4 rings (SSSR count). The van der Waals surface area contributed by atoms with E-state index in [2.05, 4.69) is 67.6 Å². The molecule has 1 atom stereocenters. The summed E-state index contributed by atoms with van der Waals surface area (Å²) in [4.78, 5) is 12.2. The largest absolute Gasteiger partial charge is 0.465 e. The van der Waals surface area contributed by atoms with Gasteiger partial charge in [0.2, 0.25) is 0 Å². The van der Waals surface area contributed by atoms with Crippen molar-refractivity contribution in [2.45, 2.75) is 70.1 Å². The van der Waals surface area contributed by atoms with Crippen molar-refractivity contribution in [3.05, 3.63) is 94.9 Å². The molecule has 1 aliphatic rings. The number of hydrogen-bond acceptors (Lipinski definition) is 2. The first kappa shape index (κ1) is 20.7. The molecular formula is C28H32O2. The Morgan fingerprint density at radius 2 is 1.53 bits per heavy atom. The van der Waals surface area contributed by atoms with Crippen molar-refractivity contribution in [3.63, 3.8) is 0 Å². The molecule has 3 aromatic rings. The summed E-state index contributed by atoms with van der Waals surface area (Å²) in [5.74, 6) is 1.80. The topological polar surface area (TPSA) is 30.2 Å². The van der Waals surface area contributed by atoms with E-state index in [1.165, 1.54) is 36.8 Å². The van der Waals surface area contributed by atoms with Crippen molar-refractivity contribution in [2.75, 3.05) is 0 Å². The first-order chi connectivity index (χ1) is 14.5. The number of carbonyl (C=O) groups excluding carboxylic acids is 1. The minimum atomic E-state index is -0.111. The molecule has 2 heteroatoms. The van der Waals surface area contributed by atoms with Crippen LogP contribution < -0.4 is 0 Å². The van der Waals surface area contributed by atoms with Crippen molar-refractivity contribution in [1.29, 1.82) is 0 Å². The molecule has 2 aromatic carbocycles. The highest BCUT2D eigenvalue weighted by molar-refractivity contribution is 5.95. The molecule has 1 fully saturated rings. The Kier molecular flexibility index (Phi) is 5.69. The summed E-state index contributed by atoms with van der Waals surface area (Å²) < 4.78 is 6.34. The number of furan rings is 1. The maximum atomic E-state index is 12.2. The van der Waals surface area contributed by atoms with Crippen LogP contribution in [0.5, 0.6) is 0 Å². The zero-order chi connectivity index (χ0) is 21.2. The Bertz CT molecular complexity index is 960. The number of hydrogen-bond donors (Lipinski definition) is 0. The Morgan fingerprint density at radius 3 is 2.03 bits per heavy atom. The normalized spacial score (nSPS) is 19.6. The zero-order valence-corrected chi connectivity index (χ0v) is 18.4. The van der Waals surface area contributed by atoms with Gasteiger partial charge in [0.05, 0.1) is 5.56 Å². The number of carbonyl (C=O) groups is 1. The third-order valence-electron chi connectivity index (χ3n) is 7.02. The van der Waals surface area contributed by atoms with Gasteiger partial charge in [0.1, 0.15) is 11.5 Å². The van der Waals surface area contributed by atoms with E-state index in [1.807, 2.05) is 13.0 Å². The van der Waals surface area contributed by atoms with Crippen molar-refractivity contribution in [2.24, 2.45) is 0 Å². The van der Waals surface area contributed by atoms with E-state index in [1.54, 1.807) is 6.92 Å². The van der Waals surface area contributed by atoms with E-state index in [0.717, 1.165) is 29.9 Å². The van der Waals surface area contributed by atoms with Crippen LogP contribution in [0.15, 0.2) is 71.1 Å². The van der Waals surface area contributed by atoms with Gasteiger partial charge < -0.3 is 4.42 Å². The fraction of sp³-hybridized carbons (Fsp3) is 0.393. The van der Waals surface area contributed by atoms with Crippen LogP contribution in [0.3, 0.4) is 0 Å². The molecule has 156 valence electrons. The highest BCUT2D eigenvalue weighted by atomic mass is 16.3. The first-order valence-corrected chi connectivity index (χ1v) is 11.3. The van der Waals surface area contributed by atoms with Gasteiger partial charge >= 0.3 is 0 Å². The number of Topliss-reactive ketones (excluding diaryl/α,β-unsaturated/α-hetero) is 1. The van der Waals surface area contributed by atoms with Gasteiger partial charge in [-0.05, 0) is 43.9 Å². The standard InChI is InChI=1S/C28H32O2/c1-4-5-6-13-18-27(26-19-25(21(2)29)22(3)30-26)20-28(27,23-14-9-7-10-15-23)24-16-11-8-12-17-24/h7-12,14-17,19H,4-6,13,18,20H2,1-3H3/t27-/m0/s1. The number of benzene rings is 2. The van der Waals surface area contributed by atoms with Gasteiger partial charge in [-0.3, -0.25) is 4.79 Å². The lowest BCUT2D eigenvalue weighted by molar-refractivity contribution is 0.101. The molecule has 0 aliphatic heterocycles. The van der Waals surface area contributed by atoms with Gasteiger partial charge in [-0.2, -0.15) is 0 Å². The zero-order valence-electron chi connectivity index (χ0n) is 18.4. The molecule has 1 aromatic heterocycles. The summed E-state index contributed by atoms with van der Waals surface area (Å²) in [6, 6.07) is 23.7. The summed E-state index contributed by atoms with van der Waals surface area (Å²) in [5.41, 5.74) is 3.18. The highest BCUT2D eigenvalue weighted by Crippen LogP contribution is 2.71. The van der Waals surface area contributed by atoms with Crippen molar-refractivity contribution >= 4 is 5.78 Å². The van der Waals surface area contributed by atoms with Gasteiger partial charge in [-0.15, -0.1) is 0 Å². The van der Waals surface area contributed by atoms with Gasteiger partial charge in [-0.1, -0.05) is 93.3 Å². The third kappa shape index (κ3) is 3.33. The second kappa shape index (κ2) is 8.26. The lowest BCUT2D eigenvalue weighted by Gasteiger charge is -2.26. The van der Waals surface area contributed by atoms with Gasteiger partial charge in [0, 0.05) is 10.8 Å². The highest BCUT2D eigenvalue weighted by Gasteiger charge is 2.70. The molecule has 0 bridgehead atoms. The van der Waals surface area contributed by atoms with Gasteiger partial charge in [0.15, 0.2) is 5.78 Å². The second-order valence-electron chi connectivity index (χ2n) is 8.84. The molecule has 2 nitrogen and oxygen atoms in total. The lowest BCUT2D eigenvalue weighted by Crippen LogP contribution is -2.24. The van der Waals surface area contributed by atoms with Crippen LogP contribution in [0.2, 0.25) is 0 Å². The second-order valence-corrected chi connectivity index (χ2v) is 8.84. The molecule has 0 amide bonds. The monoisotopic (exact) mass is 400 g/mol. The number of aryl methyl sites for hydroxylation is 1. The fourth-order valence-electron chi connectivity index (χ4n) is 5.42. The molecule has 30 heavy (non-hydrogen) atoms. The molecule has 0 spiro atoms. The molecule has 0 saturated heterocycles. The Morgan fingerprint density at radius 1 is 0.933 bits per heavy atom. The minimum absolute atomic E-state index is 0.0781. The number of unbranched alkanes of at least 4 members (excludes halogenated alkanes) is 3. The molecule has 1 saturated carbocycles. The van der Waals surface area contributed by atoms with Crippen molar-refractivity contribution in [1.82, 2.24) is 0 Å². The van der Waals surface area contributed by atoms with Crippen LogP contribution in [-0.2, 0) is 10.8 Å². The average molecular weight is 401 g/mol. The van der Waals surface area contributed by atoms with E-state index in [0.29, 0.717) is 0 Å². The molecule has 1 heterocycles. The van der Waals surface area contributed by atoms with E-state index >= 15 is 0 Å². The van der Waals surface area contributed by atoms with E-state index in [9.17, 15) is 4.79 Å². The fourth-order valence-corrected chi connectivity index (χ4v) is 5.42. The van der Waals surface area contributed by atoms with Crippen molar-refractivity contribution < 1.29 is 9.21 Å². The summed E-state index contributed by atoms with van der Waals surface area (Å²) in [6.07, 6.45) is 6.98. The molecule has 0 radical (unpaired) electrons. The summed E-state index contributed by atoms with van der Waals surface area (Å²) in [6.45, 7) is 5.80. The number of ketones is 1. The summed E-state index contributed by atoms with van der Waals surface area (Å²) in [7, 11) is 0.